The average molecular weight is 157 g/mol. The van der Waals surface area contributed by atoms with Gasteiger partial charge in [0.2, 0.25) is 0 Å². The summed E-state index contributed by atoms with van der Waals surface area (Å²) in [6.07, 6.45) is -0.417. The zero-order valence-corrected chi connectivity index (χ0v) is 8.80. The molecule has 58 valence electrons. The second-order valence-corrected chi connectivity index (χ2v) is 2.61. The van der Waals surface area contributed by atoms with Crippen LogP contribution in [0.5, 0.6) is 0 Å². The van der Waals surface area contributed by atoms with Gasteiger partial charge < -0.3 is 10.2 Å². The Morgan fingerprint density at radius 2 is 1.20 bits per heavy atom. The van der Waals surface area contributed by atoms with Crippen LogP contribution >= 0.6 is 0 Å². The van der Waals surface area contributed by atoms with E-state index in [1.165, 1.54) is 0 Å². The van der Waals surface area contributed by atoms with Crippen LogP contribution in [0.1, 0.15) is 27.7 Å². The Hall–Kier alpha value is 0.686. The molecule has 0 aromatic carbocycles. The molecule has 10 heavy (non-hydrogen) atoms. The summed E-state index contributed by atoms with van der Waals surface area (Å²) in [5.41, 5.74) is 0. The van der Waals surface area contributed by atoms with Crippen LogP contribution in [-0.2, 0) is 0 Å². The van der Waals surface area contributed by atoms with Crippen LogP contribution < -0.4 is 10.2 Å². The zero-order chi connectivity index (χ0) is 7.86. The molecule has 0 bridgehead atoms. The molecule has 3 heteroatoms. The quantitative estimate of drug-likeness (QED) is 0.475. The normalized spacial score (nSPS) is 8.40. The fourth-order valence-corrected chi connectivity index (χ4v) is 0. The van der Waals surface area contributed by atoms with Crippen molar-refractivity contribution in [1.29, 1.82) is 0 Å². The standard InChI is InChI=1S/C4H9O.C3H7O.Mg/c1-4(2)3-5;1-3(2)4;/h4H,3H2,1-2H3;3H,1-2H3;/q2*-1;+2. The monoisotopic (exact) mass is 156 g/mol. The van der Waals surface area contributed by atoms with Gasteiger partial charge >= 0.3 is 23.1 Å². The van der Waals surface area contributed by atoms with Crippen molar-refractivity contribution >= 4 is 23.1 Å². The second-order valence-electron chi connectivity index (χ2n) is 2.61. The molecule has 0 spiro atoms. The first-order chi connectivity index (χ1) is 4.00. The van der Waals surface area contributed by atoms with Crippen molar-refractivity contribution in [2.45, 2.75) is 33.8 Å². The van der Waals surface area contributed by atoms with Crippen molar-refractivity contribution in [1.82, 2.24) is 0 Å². The molecule has 0 rings (SSSR count). The van der Waals surface area contributed by atoms with Crippen molar-refractivity contribution in [3.05, 3.63) is 0 Å². The Balaban J connectivity index is -0.0000000910. The van der Waals surface area contributed by atoms with Crippen molar-refractivity contribution in [3.8, 4) is 0 Å². The number of hydrogen-bond donors (Lipinski definition) is 0. The van der Waals surface area contributed by atoms with E-state index in [1.807, 2.05) is 13.8 Å². The maximum atomic E-state index is 9.63. The third-order valence-electron chi connectivity index (χ3n) is 0.333. The van der Waals surface area contributed by atoms with Crippen LogP contribution in [0, 0.1) is 5.92 Å². The van der Waals surface area contributed by atoms with E-state index >= 15 is 0 Å². The van der Waals surface area contributed by atoms with Crippen molar-refractivity contribution in [2.75, 3.05) is 6.61 Å². The van der Waals surface area contributed by atoms with Gasteiger partial charge in [0, 0.05) is 0 Å². The minimum atomic E-state index is -0.417. The van der Waals surface area contributed by atoms with E-state index in [1.54, 1.807) is 13.8 Å². The van der Waals surface area contributed by atoms with E-state index in [0.717, 1.165) is 0 Å². The van der Waals surface area contributed by atoms with E-state index in [2.05, 4.69) is 0 Å². The van der Waals surface area contributed by atoms with E-state index < -0.39 is 6.10 Å². The van der Waals surface area contributed by atoms with Gasteiger partial charge in [0.15, 0.2) is 0 Å². The number of rotatable bonds is 1. The minimum Gasteiger partial charge on any atom is -0.854 e. The smallest absolute Gasteiger partial charge is 0.854 e. The molecular weight excluding hydrogens is 140 g/mol. The van der Waals surface area contributed by atoms with Crippen molar-refractivity contribution in [2.24, 2.45) is 5.92 Å². The predicted octanol–water partition coefficient (Wildman–Crippen LogP) is -0.623. The fraction of sp³-hybridized carbons (Fsp3) is 1.00. The third kappa shape index (κ3) is 71.1. The Morgan fingerprint density at radius 1 is 1.10 bits per heavy atom. The van der Waals surface area contributed by atoms with Gasteiger partial charge in [-0.15, -0.1) is 12.7 Å². The molecule has 0 aromatic rings. The van der Waals surface area contributed by atoms with Crippen LogP contribution in [0.3, 0.4) is 0 Å². The minimum absolute atomic E-state index is 0. The first-order valence-electron chi connectivity index (χ1n) is 3.24. The van der Waals surface area contributed by atoms with Crippen LogP contribution in [0.15, 0.2) is 0 Å². The SMILES string of the molecule is CC(C)C[O-].CC(C)[O-].[Mg+2]. The van der Waals surface area contributed by atoms with E-state index in [4.69, 9.17) is 0 Å². The maximum absolute atomic E-state index is 9.63. The first-order valence-corrected chi connectivity index (χ1v) is 3.24. The molecule has 0 aliphatic heterocycles. The molecule has 0 saturated carbocycles. The second kappa shape index (κ2) is 12.4. The van der Waals surface area contributed by atoms with Gasteiger partial charge in [-0.25, -0.2) is 0 Å². The molecule has 2 nitrogen and oxygen atoms in total. The summed E-state index contributed by atoms with van der Waals surface area (Å²) in [6.45, 7) is 7.10. The van der Waals surface area contributed by atoms with Crippen LogP contribution in [0.2, 0.25) is 0 Å². The Kier molecular flexibility index (Phi) is 21.0. The van der Waals surface area contributed by atoms with Gasteiger partial charge in [-0.3, -0.25) is 0 Å². The molecule has 0 amide bonds. The zero-order valence-electron chi connectivity index (χ0n) is 7.39. The third-order valence-corrected chi connectivity index (χ3v) is 0.333. The van der Waals surface area contributed by atoms with Gasteiger partial charge in [-0.2, -0.15) is 0 Å². The molecule has 0 fully saturated rings. The Bertz CT molecular complexity index is 44.1. The summed E-state index contributed by atoms with van der Waals surface area (Å²) in [6, 6.07) is 0. The molecule has 0 aromatic heterocycles. The molecular formula is C7H16MgO2. The predicted molar refractivity (Wildman–Crippen MR) is 40.6 cm³/mol. The molecule has 0 radical (unpaired) electrons. The topological polar surface area (TPSA) is 46.1 Å². The van der Waals surface area contributed by atoms with Crippen LogP contribution in [-0.4, -0.2) is 35.8 Å². The largest absolute Gasteiger partial charge is 2.00 e. The summed E-state index contributed by atoms with van der Waals surface area (Å²) in [5.74, 6) is 0.329. The van der Waals surface area contributed by atoms with E-state index in [9.17, 15) is 10.2 Å². The molecule has 0 N–H and O–H groups in total. The molecule has 0 saturated heterocycles. The van der Waals surface area contributed by atoms with Gasteiger partial charge in [0.25, 0.3) is 0 Å². The summed E-state index contributed by atoms with van der Waals surface area (Å²) in [7, 11) is 0. The molecule has 0 unspecified atom stereocenters. The molecule has 0 aliphatic rings. The van der Waals surface area contributed by atoms with Crippen LogP contribution in [0.4, 0.5) is 0 Å². The molecule has 0 aliphatic carbocycles. The fourth-order valence-electron chi connectivity index (χ4n) is 0. The van der Waals surface area contributed by atoms with Gasteiger partial charge in [-0.1, -0.05) is 33.6 Å². The molecule has 0 atom stereocenters. The van der Waals surface area contributed by atoms with Gasteiger partial charge in [0.05, 0.1) is 0 Å². The summed E-state index contributed by atoms with van der Waals surface area (Å²) >= 11 is 0. The first kappa shape index (κ1) is 17.0. The van der Waals surface area contributed by atoms with Gasteiger partial charge in [0.1, 0.15) is 0 Å². The average Bonchev–Trinajstić information content (AvgIpc) is 1.65. The van der Waals surface area contributed by atoms with E-state index in [-0.39, 0.29) is 29.7 Å². The Labute approximate surface area is 79.8 Å². The van der Waals surface area contributed by atoms with E-state index in [0.29, 0.717) is 5.92 Å². The summed E-state index contributed by atoms with van der Waals surface area (Å²) in [5, 5.41) is 19.2. The van der Waals surface area contributed by atoms with Gasteiger partial charge in [-0.05, 0) is 0 Å². The Morgan fingerprint density at radius 3 is 1.20 bits per heavy atom. The van der Waals surface area contributed by atoms with Crippen molar-refractivity contribution in [3.63, 3.8) is 0 Å². The summed E-state index contributed by atoms with van der Waals surface area (Å²) in [4.78, 5) is 0. The number of hydrogen-bond acceptors (Lipinski definition) is 2. The van der Waals surface area contributed by atoms with Crippen molar-refractivity contribution < 1.29 is 10.2 Å². The molecule has 0 heterocycles. The van der Waals surface area contributed by atoms with Crippen LogP contribution in [0.25, 0.3) is 0 Å². The maximum Gasteiger partial charge on any atom is 2.00 e. The summed E-state index contributed by atoms with van der Waals surface area (Å²) < 4.78 is 0.